The number of halogens is 3. The number of phenolic OH excluding ortho intramolecular Hbond substituents is 1. The maximum atomic E-state index is 14.2. The standard InChI is InChI=1S/C13H17F2N3O4.ClH/c14-13(15,8-19)12(17-5-3-16-4-6-17)10-7-9(18(21)22)1-2-11(10)20;/h1-2,7,12,16,19-20H,3-6,8H2;1H/t12-;/m0./s1. The van der Waals surface area contributed by atoms with E-state index in [0.29, 0.717) is 13.1 Å². The Labute approximate surface area is 137 Å². The monoisotopic (exact) mass is 353 g/mol. The Kier molecular flexibility index (Phi) is 6.63. The zero-order chi connectivity index (χ0) is 16.3. The maximum absolute atomic E-state index is 14.2. The normalized spacial score (nSPS) is 17.3. The van der Waals surface area contributed by atoms with E-state index in [-0.39, 0.29) is 36.7 Å². The molecular weight excluding hydrogens is 336 g/mol. The van der Waals surface area contributed by atoms with Crippen molar-refractivity contribution < 1.29 is 23.9 Å². The molecule has 10 heteroatoms. The number of non-ortho nitro benzene ring substituents is 1. The SMILES string of the molecule is Cl.O=[N+]([O-])c1ccc(O)c([C@H](N2CCNCC2)C(F)(F)CO)c1. The summed E-state index contributed by atoms with van der Waals surface area (Å²) in [4.78, 5) is 11.5. The Bertz CT molecular complexity index is 556. The zero-order valence-corrected chi connectivity index (χ0v) is 12.9. The van der Waals surface area contributed by atoms with Crippen molar-refractivity contribution in [3.8, 4) is 5.75 Å². The topological polar surface area (TPSA) is 98.9 Å². The Balaban J connectivity index is 0.00000264. The van der Waals surface area contributed by atoms with Crippen LogP contribution >= 0.6 is 12.4 Å². The lowest BCUT2D eigenvalue weighted by atomic mass is 9.96. The average molecular weight is 354 g/mol. The number of benzene rings is 1. The third kappa shape index (κ3) is 4.25. The lowest BCUT2D eigenvalue weighted by molar-refractivity contribution is -0.385. The van der Waals surface area contributed by atoms with Gasteiger partial charge >= 0.3 is 0 Å². The molecule has 3 N–H and O–H groups in total. The number of nitro groups is 1. The molecular formula is C13H18ClF2N3O4. The van der Waals surface area contributed by atoms with Crippen LogP contribution in [0, 0.1) is 10.1 Å². The molecule has 2 rings (SSSR count). The smallest absolute Gasteiger partial charge is 0.290 e. The second-order valence-electron chi connectivity index (χ2n) is 5.11. The average Bonchev–Trinajstić information content (AvgIpc) is 2.50. The summed E-state index contributed by atoms with van der Waals surface area (Å²) in [6, 6.07) is 1.38. The van der Waals surface area contributed by atoms with Gasteiger partial charge in [0.05, 0.1) is 4.92 Å². The van der Waals surface area contributed by atoms with Crippen LogP contribution in [0.15, 0.2) is 18.2 Å². The molecule has 1 aromatic rings. The van der Waals surface area contributed by atoms with Crippen LogP contribution < -0.4 is 5.32 Å². The van der Waals surface area contributed by atoms with Crippen LogP contribution in [0.5, 0.6) is 5.75 Å². The number of phenols is 1. The van der Waals surface area contributed by atoms with Crippen molar-refractivity contribution in [2.24, 2.45) is 0 Å². The fourth-order valence-corrected chi connectivity index (χ4v) is 2.59. The largest absolute Gasteiger partial charge is 0.508 e. The van der Waals surface area contributed by atoms with Crippen LogP contribution in [0.2, 0.25) is 0 Å². The van der Waals surface area contributed by atoms with Crippen molar-refractivity contribution in [2.45, 2.75) is 12.0 Å². The van der Waals surface area contributed by atoms with Gasteiger partial charge in [-0.1, -0.05) is 0 Å². The van der Waals surface area contributed by atoms with Crippen molar-refractivity contribution in [2.75, 3.05) is 32.8 Å². The predicted octanol–water partition coefficient (Wildman–Crippen LogP) is 1.30. The number of alkyl halides is 2. The van der Waals surface area contributed by atoms with E-state index in [1.807, 2.05) is 0 Å². The van der Waals surface area contributed by atoms with Gasteiger partial charge in [-0.05, 0) is 6.07 Å². The van der Waals surface area contributed by atoms with Gasteiger partial charge in [-0.3, -0.25) is 15.0 Å². The first-order chi connectivity index (χ1) is 10.4. The highest BCUT2D eigenvalue weighted by Gasteiger charge is 2.45. The molecule has 1 saturated heterocycles. The molecule has 130 valence electrons. The van der Waals surface area contributed by atoms with Crippen molar-refractivity contribution in [3.63, 3.8) is 0 Å². The number of aliphatic hydroxyl groups is 1. The Morgan fingerprint density at radius 3 is 2.52 bits per heavy atom. The van der Waals surface area contributed by atoms with E-state index in [1.165, 1.54) is 4.90 Å². The maximum Gasteiger partial charge on any atom is 0.290 e. The number of nitrogens with one attached hydrogen (secondary N) is 1. The van der Waals surface area contributed by atoms with E-state index < -0.39 is 29.2 Å². The zero-order valence-electron chi connectivity index (χ0n) is 12.1. The summed E-state index contributed by atoms with van der Waals surface area (Å²) >= 11 is 0. The molecule has 0 saturated carbocycles. The summed E-state index contributed by atoms with van der Waals surface area (Å²) in [5.41, 5.74) is -0.642. The lowest BCUT2D eigenvalue weighted by Crippen LogP contribution is -2.51. The molecule has 1 aliphatic heterocycles. The molecule has 0 aromatic heterocycles. The van der Waals surface area contributed by atoms with Crippen LogP contribution in [0.25, 0.3) is 0 Å². The molecule has 0 bridgehead atoms. The molecule has 1 heterocycles. The molecule has 0 amide bonds. The van der Waals surface area contributed by atoms with Gasteiger partial charge in [-0.2, -0.15) is 0 Å². The van der Waals surface area contributed by atoms with Crippen molar-refractivity contribution >= 4 is 18.1 Å². The summed E-state index contributed by atoms with van der Waals surface area (Å²) in [5.74, 6) is -3.99. The van der Waals surface area contributed by atoms with Gasteiger partial charge in [0.25, 0.3) is 11.6 Å². The quantitative estimate of drug-likeness (QED) is 0.545. The molecule has 7 nitrogen and oxygen atoms in total. The molecule has 1 aromatic carbocycles. The first kappa shape index (κ1) is 19.5. The summed E-state index contributed by atoms with van der Waals surface area (Å²) < 4.78 is 28.4. The molecule has 1 fully saturated rings. The highest BCUT2D eigenvalue weighted by molar-refractivity contribution is 5.85. The van der Waals surface area contributed by atoms with Gasteiger partial charge in [0.1, 0.15) is 18.4 Å². The highest BCUT2D eigenvalue weighted by atomic mass is 35.5. The summed E-state index contributed by atoms with van der Waals surface area (Å²) in [5, 5.41) is 32.8. The third-order valence-corrected chi connectivity index (χ3v) is 3.64. The summed E-state index contributed by atoms with van der Waals surface area (Å²) in [6.07, 6.45) is 0. The van der Waals surface area contributed by atoms with Crippen molar-refractivity contribution in [1.29, 1.82) is 0 Å². The summed E-state index contributed by atoms with van der Waals surface area (Å²) in [6.45, 7) is 0.107. The van der Waals surface area contributed by atoms with Crippen LogP contribution in [0.1, 0.15) is 11.6 Å². The molecule has 23 heavy (non-hydrogen) atoms. The number of hydrogen-bond acceptors (Lipinski definition) is 6. The minimum atomic E-state index is -3.54. The van der Waals surface area contributed by atoms with Crippen LogP contribution in [0.4, 0.5) is 14.5 Å². The number of aliphatic hydroxyl groups excluding tert-OH is 1. The van der Waals surface area contributed by atoms with Crippen LogP contribution in [0.3, 0.4) is 0 Å². The fraction of sp³-hybridized carbons (Fsp3) is 0.538. The number of hydrogen-bond donors (Lipinski definition) is 3. The van der Waals surface area contributed by atoms with Gasteiger partial charge in [0.15, 0.2) is 0 Å². The number of piperazine rings is 1. The van der Waals surface area contributed by atoms with E-state index in [0.717, 1.165) is 18.2 Å². The van der Waals surface area contributed by atoms with Crippen LogP contribution in [-0.2, 0) is 0 Å². The lowest BCUT2D eigenvalue weighted by Gasteiger charge is -2.38. The number of rotatable bonds is 5. The minimum absolute atomic E-state index is 0. The van der Waals surface area contributed by atoms with E-state index in [2.05, 4.69) is 5.32 Å². The molecule has 0 unspecified atom stereocenters. The van der Waals surface area contributed by atoms with Gasteiger partial charge in [0.2, 0.25) is 0 Å². The third-order valence-electron chi connectivity index (χ3n) is 3.64. The predicted molar refractivity (Wildman–Crippen MR) is 81.2 cm³/mol. The van der Waals surface area contributed by atoms with Crippen LogP contribution in [-0.4, -0.2) is 58.7 Å². The first-order valence-electron chi connectivity index (χ1n) is 6.77. The van der Waals surface area contributed by atoms with Gasteiger partial charge in [-0.15, -0.1) is 12.4 Å². The van der Waals surface area contributed by atoms with E-state index >= 15 is 0 Å². The summed E-state index contributed by atoms with van der Waals surface area (Å²) in [7, 11) is 0. The first-order valence-corrected chi connectivity index (χ1v) is 6.77. The molecule has 0 spiro atoms. The second kappa shape index (κ2) is 7.82. The molecule has 0 aliphatic carbocycles. The number of nitrogens with zero attached hydrogens (tertiary/aromatic N) is 2. The van der Waals surface area contributed by atoms with E-state index in [4.69, 9.17) is 5.11 Å². The highest BCUT2D eigenvalue weighted by Crippen LogP contribution is 2.41. The van der Waals surface area contributed by atoms with E-state index in [9.17, 15) is 24.0 Å². The molecule has 1 aliphatic rings. The Morgan fingerprint density at radius 2 is 2.00 bits per heavy atom. The second-order valence-corrected chi connectivity index (χ2v) is 5.11. The Morgan fingerprint density at radius 1 is 1.39 bits per heavy atom. The van der Waals surface area contributed by atoms with Crippen molar-refractivity contribution in [3.05, 3.63) is 33.9 Å². The van der Waals surface area contributed by atoms with Gasteiger partial charge < -0.3 is 15.5 Å². The van der Waals surface area contributed by atoms with E-state index in [1.54, 1.807) is 0 Å². The number of aromatic hydroxyl groups is 1. The molecule has 1 atom stereocenters. The van der Waals surface area contributed by atoms with Crippen molar-refractivity contribution in [1.82, 2.24) is 10.2 Å². The Hall–Kier alpha value is -1.55. The van der Waals surface area contributed by atoms with Gasteiger partial charge in [-0.25, -0.2) is 8.78 Å². The minimum Gasteiger partial charge on any atom is -0.508 e. The number of nitro benzene ring substituents is 1. The van der Waals surface area contributed by atoms with Gasteiger partial charge in [0, 0.05) is 43.9 Å². The molecule has 0 radical (unpaired) electrons. The fourth-order valence-electron chi connectivity index (χ4n) is 2.59.